The maximum atomic E-state index is 12.7. The molecule has 144 valence electrons. The smallest absolute Gasteiger partial charge is 0.255 e. The maximum absolute atomic E-state index is 12.7. The van der Waals surface area contributed by atoms with Crippen LogP contribution in [0.2, 0.25) is 0 Å². The molecular weight excluding hydrogens is 354 g/mol. The van der Waals surface area contributed by atoms with E-state index in [1.54, 1.807) is 37.4 Å². The summed E-state index contributed by atoms with van der Waals surface area (Å²) in [6.07, 6.45) is 0. The molecule has 0 spiro atoms. The number of carbonyl (C=O) groups is 1. The number of amides is 1. The highest BCUT2D eigenvalue weighted by Crippen LogP contribution is 2.30. The highest BCUT2D eigenvalue weighted by atomic mass is 16.5. The van der Waals surface area contributed by atoms with Gasteiger partial charge in [-0.05, 0) is 49.4 Å². The lowest BCUT2D eigenvalue weighted by molar-refractivity contribution is 0.102. The Kier molecular flexibility index (Phi) is 6.65. The van der Waals surface area contributed by atoms with Gasteiger partial charge in [-0.3, -0.25) is 4.79 Å². The zero-order valence-electron chi connectivity index (χ0n) is 16.0. The van der Waals surface area contributed by atoms with Crippen LogP contribution in [0.5, 0.6) is 17.2 Å². The predicted octanol–water partition coefficient (Wildman–Crippen LogP) is 5.06. The molecule has 0 atom stereocenters. The Labute approximate surface area is 164 Å². The SMILES string of the molecule is COCCOc1cccc(C(=O)Nc2ccccc2Oc2ccc(C)cc2)c1. The number of carbonyl (C=O) groups excluding carboxylic acids is 1. The summed E-state index contributed by atoms with van der Waals surface area (Å²) in [4.78, 5) is 12.7. The molecule has 0 aliphatic carbocycles. The number of ether oxygens (including phenoxy) is 3. The van der Waals surface area contributed by atoms with Gasteiger partial charge in [0.2, 0.25) is 0 Å². The van der Waals surface area contributed by atoms with E-state index in [0.29, 0.717) is 41.7 Å². The molecule has 3 aromatic rings. The van der Waals surface area contributed by atoms with Crippen LogP contribution < -0.4 is 14.8 Å². The Morgan fingerprint density at radius 2 is 1.68 bits per heavy atom. The van der Waals surface area contributed by atoms with E-state index in [1.807, 2.05) is 49.4 Å². The fraction of sp³-hybridized carbons (Fsp3) is 0.174. The van der Waals surface area contributed by atoms with Crippen molar-refractivity contribution in [1.82, 2.24) is 0 Å². The molecule has 3 rings (SSSR count). The van der Waals surface area contributed by atoms with Gasteiger partial charge in [-0.2, -0.15) is 0 Å². The van der Waals surface area contributed by atoms with Gasteiger partial charge in [-0.25, -0.2) is 0 Å². The van der Waals surface area contributed by atoms with Crippen molar-refractivity contribution >= 4 is 11.6 Å². The standard InChI is InChI=1S/C23H23NO4/c1-17-10-12-19(13-11-17)28-22-9-4-3-8-21(22)24-23(25)18-6-5-7-20(16-18)27-15-14-26-2/h3-13,16H,14-15H2,1-2H3,(H,24,25). The van der Waals surface area contributed by atoms with Gasteiger partial charge in [0.15, 0.2) is 5.75 Å². The van der Waals surface area contributed by atoms with Gasteiger partial charge < -0.3 is 19.5 Å². The fourth-order valence-electron chi connectivity index (χ4n) is 2.56. The van der Waals surface area contributed by atoms with Crippen molar-refractivity contribution in [2.24, 2.45) is 0 Å². The molecule has 0 saturated heterocycles. The molecular formula is C23H23NO4. The Bertz CT molecular complexity index is 922. The van der Waals surface area contributed by atoms with Gasteiger partial charge in [0.25, 0.3) is 5.91 Å². The Balaban J connectivity index is 1.72. The molecule has 1 N–H and O–H groups in total. The summed E-state index contributed by atoms with van der Waals surface area (Å²) < 4.78 is 16.5. The van der Waals surface area contributed by atoms with Crippen LogP contribution in [0.25, 0.3) is 0 Å². The number of para-hydroxylation sites is 2. The van der Waals surface area contributed by atoms with Crippen LogP contribution in [0, 0.1) is 6.92 Å². The minimum Gasteiger partial charge on any atom is -0.491 e. The second-order valence-corrected chi connectivity index (χ2v) is 6.23. The summed E-state index contributed by atoms with van der Waals surface area (Å²) in [6, 6.07) is 22.1. The molecule has 0 heterocycles. The number of anilines is 1. The van der Waals surface area contributed by atoms with E-state index in [-0.39, 0.29) is 5.91 Å². The average molecular weight is 377 g/mol. The maximum Gasteiger partial charge on any atom is 0.255 e. The van der Waals surface area contributed by atoms with E-state index < -0.39 is 0 Å². The molecule has 0 bridgehead atoms. The van der Waals surface area contributed by atoms with Crippen molar-refractivity contribution in [2.45, 2.75) is 6.92 Å². The topological polar surface area (TPSA) is 56.8 Å². The monoisotopic (exact) mass is 377 g/mol. The number of aryl methyl sites for hydroxylation is 1. The first kappa shape index (κ1) is 19.5. The summed E-state index contributed by atoms with van der Waals surface area (Å²) in [5.41, 5.74) is 2.25. The van der Waals surface area contributed by atoms with Gasteiger partial charge in [-0.15, -0.1) is 0 Å². The number of benzene rings is 3. The van der Waals surface area contributed by atoms with E-state index in [2.05, 4.69) is 5.32 Å². The van der Waals surface area contributed by atoms with Crippen LogP contribution in [-0.4, -0.2) is 26.2 Å². The van der Waals surface area contributed by atoms with Crippen LogP contribution in [0.3, 0.4) is 0 Å². The molecule has 0 saturated carbocycles. The van der Waals surface area contributed by atoms with Crippen molar-refractivity contribution < 1.29 is 19.0 Å². The Morgan fingerprint density at radius 3 is 2.46 bits per heavy atom. The highest BCUT2D eigenvalue weighted by Gasteiger charge is 2.11. The van der Waals surface area contributed by atoms with Crippen LogP contribution in [0.1, 0.15) is 15.9 Å². The zero-order chi connectivity index (χ0) is 19.8. The number of methoxy groups -OCH3 is 1. The second kappa shape index (κ2) is 9.58. The lowest BCUT2D eigenvalue weighted by atomic mass is 10.2. The van der Waals surface area contributed by atoms with Crippen LogP contribution in [-0.2, 0) is 4.74 Å². The first-order valence-corrected chi connectivity index (χ1v) is 9.02. The molecule has 5 nitrogen and oxygen atoms in total. The van der Waals surface area contributed by atoms with Crippen molar-refractivity contribution in [1.29, 1.82) is 0 Å². The number of hydrogen-bond acceptors (Lipinski definition) is 4. The van der Waals surface area contributed by atoms with E-state index in [0.717, 1.165) is 5.56 Å². The van der Waals surface area contributed by atoms with Gasteiger partial charge in [0, 0.05) is 12.7 Å². The number of rotatable bonds is 8. The summed E-state index contributed by atoms with van der Waals surface area (Å²) in [5, 5.41) is 2.91. The molecule has 0 unspecified atom stereocenters. The number of hydrogen-bond donors (Lipinski definition) is 1. The Morgan fingerprint density at radius 1 is 0.893 bits per heavy atom. The van der Waals surface area contributed by atoms with Crippen LogP contribution in [0.4, 0.5) is 5.69 Å². The summed E-state index contributed by atoms with van der Waals surface area (Å²) >= 11 is 0. The van der Waals surface area contributed by atoms with Crippen molar-refractivity contribution in [3.05, 3.63) is 83.9 Å². The fourth-order valence-corrected chi connectivity index (χ4v) is 2.56. The largest absolute Gasteiger partial charge is 0.491 e. The van der Waals surface area contributed by atoms with E-state index in [9.17, 15) is 4.79 Å². The lowest BCUT2D eigenvalue weighted by Gasteiger charge is -2.13. The van der Waals surface area contributed by atoms with Gasteiger partial charge >= 0.3 is 0 Å². The minimum absolute atomic E-state index is 0.239. The molecule has 3 aromatic carbocycles. The average Bonchev–Trinajstić information content (AvgIpc) is 2.71. The minimum atomic E-state index is -0.239. The quantitative estimate of drug-likeness (QED) is 0.557. The van der Waals surface area contributed by atoms with Crippen LogP contribution in [0.15, 0.2) is 72.8 Å². The molecule has 0 aliphatic rings. The van der Waals surface area contributed by atoms with Gasteiger partial charge in [0.05, 0.1) is 12.3 Å². The van der Waals surface area contributed by atoms with E-state index >= 15 is 0 Å². The second-order valence-electron chi connectivity index (χ2n) is 6.23. The van der Waals surface area contributed by atoms with Crippen molar-refractivity contribution in [3.63, 3.8) is 0 Å². The van der Waals surface area contributed by atoms with Crippen LogP contribution >= 0.6 is 0 Å². The predicted molar refractivity (Wildman–Crippen MR) is 109 cm³/mol. The van der Waals surface area contributed by atoms with E-state index in [1.165, 1.54) is 0 Å². The summed E-state index contributed by atoms with van der Waals surface area (Å²) in [6.45, 7) is 2.93. The molecule has 5 heteroatoms. The summed E-state index contributed by atoms with van der Waals surface area (Å²) in [7, 11) is 1.61. The zero-order valence-corrected chi connectivity index (χ0v) is 16.0. The molecule has 0 aliphatic heterocycles. The summed E-state index contributed by atoms with van der Waals surface area (Å²) in [5.74, 6) is 1.67. The third kappa shape index (κ3) is 5.34. The molecule has 1 amide bonds. The molecule has 28 heavy (non-hydrogen) atoms. The lowest BCUT2D eigenvalue weighted by Crippen LogP contribution is -2.13. The third-order valence-corrected chi connectivity index (χ3v) is 4.04. The molecule has 0 radical (unpaired) electrons. The van der Waals surface area contributed by atoms with Crippen molar-refractivity contribution in [3.8, 4) is 17.2 Å². The first-order valence-electron chi connectivity index (χ1n) is 9.02. The highest BCUT2D eigenvalue weighted by molar-refractivity contribution is 6.05. The van der Waals surface area contributed by atoms with Gasteiger partial charge in [0.1, 0.15) is 18.1 Å². The van der Waals surface area contributed by atoms with E-state index in [4.69, 9.17) is 14.2 Å². The van der Waals surface area contributed by atoms with Gasteiger partial charge in [-0.1, -0.05) is 35.9 Å². The number of nitrogens with one attached hydrogen (secondary N) is 1. The first-order chi connectivity index (χ1) is 13.7. The molecule has 0 fully saturated rings. The van der Waals surface area contributed by atoms with Crippen molar-refractivity contribution in [2.75, 3.05) is 25.6 Å². The molecule has 0 aromatic heterocycles. The normalized spacial score (nSPS) is 10.4. The Hall–Kier alpha value is -3.31. The third-order valence-electron chi connectivity index (χ3n) is 4.04.